The molecule has 0 unspecified atom stereocenters. The SMILES string of the molecule is CC(C)C1=C2[C@H]3CC[C@@H]4[C@@]5(C)CC[C@H](OC(=O)[C@@H]6C[C@H](C(=O)O)C6(C)C)C(C)(C)[C@@H]5CC[C@@]4(C)[C@]3(C)CC[C@@]2([C@@H](O)CNCc2ccc(Cl)cc2)CC1=O. The number of Topliss-reactive ketones (excluding diaryl/α,β-unsaturated/α-hetero) is 1. The standard InChI is InChI=1S/C46H66ClNO6/c1-26(2)37-32(49)23-46(35(50)25-48-24-27-10-12-28(47)13-11-27)21-20-44(8)29(38(37)46)14-15-34-43(7)18-17-36(42(5,6)33(43)16-19-45(34,44)9)54-40(53)31-22-30(39(51)52)41(31,3)4/h10-13,26,29-31,33-36,48,50H,14-25H2,1-9H3,(H,51,52)/t29-,30-,31+,33+,34-,35+,36+,43+,44-,45-,46+/m1/s1. The van der Waals surface area contributed by atoms with Crippen LogP contribution < -0.4 is 5.32 Å². The second kappa shape index (κ2) is 13.4. The number of carbonyl (C=O) groups is 3. The van der Waals surface area contributed by atoms with Crippen LogP contribution in [0.4, 0.5) is 0 Å². The Morgan fingerprint density at radius 3 is 2.19 bits per heavy atom. The number of ether oxygens (including phenoxy) is 1. The molecule has 7 nitrogen and oxygen atoms in total. The lowest BCUT2D eigenvalue weighted by atomic mass is 9.33. The van der Waals surface area contributed by atoms with E-state index in [1.165, 1.54) is 5.57 Å². The van der Waals surface area contributed by atoms with Crippen molar-refractivity contribution >= 4 is 29.3 Å². The molecular formula is C46H66ClNO6. The van der Waals surface area contributed by atoms with E-state index in [9.17, 15) is 24.6 Å². The molecule has 6 aliphatic carbocycles. The zero-order valence-corrected chi connectivity index (χ0v) is 35.1. The molecule has 5 saturated carbocycles. The van der Waals surface area contributed by atoms with Gasteiger partial charge in [-0.3, -0.25) is 14.4 Å². The van der Waals surface area contributed by atoms with Gasteiger partial charge >= 0.3 is 11.9 Å². The molecule has 1 aromatic rings. The van der Waals surface area contributed by atoms with Crippen LogP contribution in [0.25, 0.3) is 0 Å². The first-order valence-electron chi connectivity index (χ1n) is 21.0. The number of aliphatic carboxylic acids is 1. The summed E-state index contributed by atoms with van der Waals surface area (Å²) < 4.78 is 6.41. The maximum Gasteiger partial charge on any atom is 0.309 e. The van der Waals surface area contributed by atoms with E-state index in [0.717, 1.165) is 62.5 Å². The second-order valence-corrected chi connectivity index (χ2v) is 21.3. The fourth-order valence-electron chi connectivity index (χ4n) is 14.4. The minimum atomic E-state index is -0.829. The molecule has 3 N–H and O–H groups in total. The molecule has 0 heterocycles. The fourth-order valence-corrected chi connectivity index (χ4v) is 14.5. The first-order valence-corrected chi connectivity index (χ1v) is 21.4. The number of aliphatic hydroxyl groups excluding tert-OH is 1. The number of halogens is 1. The molecule has 5 fully saturated rings. The molecule has 0 spiro atoms. The van der Waals surface area contributed by atoms with E-state index in [4.69, 9.17) is 16.3 Å². The molecule has 6 aliphatic rings. The van der Waals surface area contributed by atoms with Crippen molar-refractivity contribution in [2.75, 3.05) is 6.54 Å². The van der Waals surface area contributed by atoms with Gasteiger partial charge in [-0.1, -0.05) is 91.6 Å². The second-order valence-electron chi connectivity index (χ2n) is 20.9. The Balaban J connectivity index is 1.12. The van der Waals surface area contributed by atoms with E-state index >= 15 is 0 Å². The predicted octanol–water partition coefficient (Wildman–Crippen LogP) is 9.43. The number of nitrogens with one attached hydrogen (secondary N) is 1. The number of rotatable bonds is 9. The Hall–Kier alpha value is -2.22. The van der Waals surface area contributed by atoms with Gasteiger partial charge in [-0.2, -0.15) is 0 Å². The fraction of sp³-hybridized carbons (Fsp3) is 0.761. The van der Waals surface area contributed by atoms with Gasteiger partial charge in [0.15, 0.2) is 5.78 Å². The van der Waals surface area contributed by atoms with Crippen LogP contribution in [0.2, 0.25) is 5.02 Å². The quantitative estimate of drug-likeness (QED) is 0.215. The number of hydrogen-bond donors (Lipinski definition) is 3. The van der Waals surface area contributed by atoms with E-state index in [1.54, 1.807) is 0 Å². The summed E-state index contributed by atoms with van der Waals surface area (Å²) in [5, 5.41) is 26.1. The van der Waals surface area contributed by atoms with Crippen LogP contribution in [-0.2, 0) is 25.7 Å². The monoisotopic (exact) mass is 763 g/mol. The summed E-state index contributed by atoms with van der Waals surface area (Å²) in [6.07, 6.45) is 7.88. The lowest BCUT2D eigenvalue weighted by molar-refractivity contribution is -0.238. The number of fused-ring (bicyclic) bond motifs is 7. The van der Waals surface area contributed by atoms with Gasteiger partial charge in [0, 0.05) is 35.4 Å². The number of aliphatic hydroxyl groups is 1. The van der Waals surface area contributed by atoms with Gasteiger partial charge in [0.25, 0.3) is 0 Å². The first kappa shape index (κ1) is 40.0. The summed E-state index contributed by atoms with van der Waals surface area (Å²) in [5.41, 5.74) is 2.20. The molecule has 11 atom stereocenters. The molecule has 7 rings (SSSR count). The van der Waals surface area contributed by atoms with Crippen LogP contribution >= 0.6 is 11.6 Å². The predicted molar refractivity (Wildman–Crippen MR) is 211 cm³/mol. The summed E-state index contributed by atoms with van der Waals surface area (Å²) in [6, 6.07) is 7.80. The van der Waals surface area contributed by atoms with Crippen molar-refractivity contribution in [2.45, 2.75) is 145 Å². The molecule has 8 heteroatoms. The summed E-state index contributed by atoms with van der Waals surface area (Å²) in [7, 11) is 0. The third kappa shape index (κ3) is 5.73. The van der Waals surface area contributed by atoms with E-state index in [2.05, 4.69) is 53.8 Å². The summed E-state index contributed by atoms with van der Waals surface area (Å²) in [4.78, 5) is 39.4. The number of carbonyl (C=O) groups excluding carboxylic acids is 2. The summed E-state index contributed by atoms with van der Waals surface area (Å²) >= 11 is 6.11. The molecule has 1 aromatic carbocycles. The Kier molecular flexibility index (Phi) is 9.95. The van der Waals surface area contributed by atoms with Crippen molar-refractivity contribution in [1.29, 1.82) is 0 Å². The molecular weight excluding hydrogens is 698 g/mol. The van der Waals surface area contributed by atoms with Gasteiger partial charge in [0.1, 0.15) is 6.10 Å². The highest BCUT2D eigenvalue weighted by Crippen LogP contribution is 2.77. The number of esters is 1. The highest BCUT2D eigenvalue weighted by atomic mass is 35.5. The number of allylic oxidation sites excluding steroid dienone is 1. The normalized spacial score (nSPS) is 41.2. The van der Waals surface area contributed by atoms with Crippen molar-refractivity contribution in [2.24, 2.45) is 68.0 Å². The van der Waals surface area contributed by atoms with E-state index in [-0.39, 0.29) is 57.3 Å². The number of carboxylic acid groups (broad SMARTS) is 1. The van der Waals surface area contributed by atoms with Crippen molar-refractivity contribution in [1.82, 2.24) is 5.32 Å². The van der Waals surface area contributed by atoms with Crippen molar-refractivity contribution in [3.8, 4) is 0 Å². The number of benzene rings is 1. The first-order chi connectivity index (χ1) is 25.1. The number of carboxylic acids is 1. The summed E-state index contributed by atoms with van der Waals surface area (Å²) in [6.45, 7) is 21.5. The third-order valence-corrected chi connectivity index (χ3v) is 18.0. The average Bonchev–Trinajstić information content (AvgIpc) is 3.40. The lowest BCUT2D eigenvalue weighted by Gasteiger charge is -2.72. The zero-order chi connectivity index (χ0) is 39.4. The Morgan fingerprint density at radius 2 is 1.56 bits per heavy atom. The van der Waals surface area contributed by atoms with Gasteiger partial charge in [0.05, 0.1) is 17.9 Å². The number of ketones is 1. The van der Waals surface area contributed by atoms with Gasteiger partial charge in [0.2, 0.25) is 0 Å². The largest absolute Gasteiger partial charge is 0.481 e. The van der Waals surface area contributed by atoms with Crippen LogP contribution in [-0.4, -0.2) is 46.7 Å². The molecule has 0 radical (unpaired) electrons. The van der Waals surface area contributed by atoms with Crippen LogP contribution in [0.15, 0.2) is 35.4 Å². The maximum absolute atomic E-state index is 14.1. The smallest absolute Gasteiger partial charge is 0.309 e. The van der Waals surface area contributed by atoms with Crippen LogP contribution in [0, 0.1) is 68.0 Å². The van der Waals surface area contributed by atoms with Crippen molar-refractivity contribution in [3.63, 3.8) is 0 Å². The lowest BCUT2D eigenvalue weighted by Crippen LogP contribution is -2.66. The van der Waals surface area contributed by atoms with E-state index in [1.807, 2.05) is 38.1 Å². The van der Waals surface area contributed by atoms with Gasteiger partial charge < -0.3 is 20.3 Å². The van der Waals surface area contributed by atoms with E-state index in [0.29, 0.717) is 42.8 Å². The van der Waals surface area contributed by atoms with E-state index < -0.39 is 28.8 Å². The zero-order valence-electron chi connectivity index (χ0n) is 34.3. The van der Waals surface area contributed by atoms with Gasteiger partial charge in [-0.15, -0.1) is 0 Å². The Morgan fingerprint density at radius 1 is 0.870 bits per heavy atom. The van der Waals surface area contributed by atoms with Crippen molar-refractivity contribution in [3.05, 3.63) is 46.0 Å². The topological polar surface area (TPSA) is 113 Å². The molecule has 0 bridgehead atoms. The molecule has 54 heavy (non-hydrogen) atoms. The third-order valence-electron chi connectivity index (χ3n) is 17.8. The maximum atomic E-state index is 14.1. The highest BCUT2D eigenvalue weighted by Gasteiger charge is 2.71. The summed E-state index contributed by atoms with van der Waals surface area (Å²) in [5.74, 6) is -0.431. The van der Waals surface area contributed by atoms with Crippen LogP contribution in [0.3, 0.4) is 0 Å². The van der Waals surface area contributed by atoms with Crippen LogP contribution in [0.5, 0.6) is 0 Å². The van der Waals surface area contributed by atoms with Gasteiger partial charge in [-0.05, 0) is 126 Å². The Bertz CT molecular complexity index is 1720. The molecule has 0 aromatic heterocycles. The average molecular weight is 764 g/mol. The highest BCUT2D eigenvalue weighted by molar-refractivity contribution is 6.30. The minimum absolute atomic E-state index is 0.00606. The van der Waals surface area contributed by atoms with Crippen molar-refractivity contribution < 1.29 is 29.3 Å². The molecule has 298 valence electrons. The molecule has 0 aliphatic heterocycles. The minimum Gasteiger partial charge on any atom is -0.481 e. The Labute approximate surface area is 328 Å². The molecule has 0 amide bonds. The van der Waals surface area contributed by atoms with Crippen LogP contribution in [0.1, 0.15) is 132 Å². The molecule has 0 saturated heterocycles. The van der Waals surface area contributed by atoms with Gasteiger partial charge in [-0.25, -0.2) is 0 Å². The number of hydrogen-bond acceptors (Lipinski definition) is 6.